The topological polar surface area (TPSA) is 38.0 Å². The van der Waals surface area contributed by atoms with Gasteiger partial charge in [0.2, 0.25) is 0 Å². The molecule has 0 aliphatic carbocycles. The smallest absolute Gasteiger partial charge is 0.322 e. The van der Waals surface area contributed by atoms with Gasteiger partial charge >= 0.3 is 12.1 Å². The van der Waals surface area contributed by atoms with Crippen LogP contribution in [0.4, 0.5) is 22.0 Å². The fourth-order valence-electron chi connectivity index (χ4n) is 1.47. The molecule has 0 aromatic carbocycles. The van der Waals surface area contributed by atoms with Crippen LogP contribution in [0.15, 0.2) is 0 Å². The molecule has 0 saturated carbocycles. The maximum absolute atomic E-state index is 12.7. The van der Waals surface area contributed by atoms with Crippen LogP contribution in [-0.4, -0.2) is 31.2 Å². The average Bonchev–Trinajstić information content (AvgIpc) is 2.52. The number of hydrogen-bond donors (Lipinski definition) is 2. The molecule has 0 spiro atoms. The van der Waals surface area contributed by atoms with Crippen molar-refractivity contribution in [2.24, 2.45) is 11.7 Å². The first-order valence-electron chi connectivity index (χ1n) is 4.17. The maximum Gasteiger partial charge on any atom is 0.454 e. The molecule has 0 aromatic heterocycles. The van der Waals surface area contributed by atoms with Gasteiger partial charge < -0.3 is 11.1 Å². The Bertz CT molecular complexity index is 197. The molecular weight excluding hydrogens is 207 g/mol. The minimum absolute atomic E-state index is 0.118. The number of alkyl halides is 5. The third-order valence-corrected chi connectivity index (χ3v) is 2.40. The predicted molar refractivity (Wildman–Crippen MR) is 40.0 cm³/mol. The highest BCUT2D eigenvalue weighted by Crippen LogP contribution is 2.40. The Kier molecular flexibility index (Phi) is 3.01. The third kappa shape index (κ3) is 1.98. The lowest BCUT2D eigenvalue weighted by Crippen LogP contribution is -2.55. The standard InChI is InChI=1S/C7H11F5N2/c8-6(9,7(10,11)12)5(13)4-1-2-14-3-4/h4-5,14H,1-3,13H2. The largest absolute Gasteiger partial charge is 0.454 e. The van der Waals surface area contributed by atoms with Crippen molar-refractivity contribution >= 4 is 0 Å². The molecule has 1 aliphatic rings. The molecule has 1 fully saturated rings. The van der Waals surface area contributed by atoms with E-state index in [0.717, 1.165) is 0 Å². The molecule has 0 radical (unpaired) electrons. The van der Waals surface area contributed by atoms with Crippen LogP contribution in [0.5, 0.6) is 0 Å². The van der Waals surface area contributed by atoms with Crippen molar-refractivity contribution in [3.05, 3.63) is 0 Å². The Balaban J connectivity index is 2.70. The summed E-state index contributed by atoms with van der Waals surface area (Å²) in [6.45, 7) is 0.555. The SMILES string of the molecule is NC(C1CCNC1)C(F)(F)C(F)(F)F. The van der Waals surface area contributed by atoms with Crippen molar-refractivity contribution < 1.29 is 22.0 Å². The molecule has 84 valence electrons. The van der Waals surface area contributed by atoms with Gasteiger partial charge in [0, 0.05) is 0 Å². The first-order chi connectivity index (χ1) is 6.27. The highest BCUT2D eigenvalue weighted by atomic mass is 19.4. The highest BCUT2D eigenvalue weighted by molar-refractivity contribution is 4.94. The zero-order chi connectivity index (χ0) is 11.0. The van der Waals surface area contributed by atoms with Crippen LogP contribution in [0, 0.1) is 5.92 Å². The fourth-order valence-corrected chi connectivity index (χ4v) is 1.47. The molecule has 0 aromatic rings. The molecule has 1 aliphatic heterocycles. The van der Waals surface area contributed by atoms with Gasteiger partial charge in [-0.25, -0.2) is 0 Å². The van der Waals surface area contributed by atoms with E-state index >= 15 is 0 Å². The van der Waals surface area contributed by atoms with Crippen molar-refractivity contribution in [3.63, 3.8) is 0 Å². The summed E-state index contributed by atoms with van der Waals surface area (Å²) in [6.07, 6.45) is -5.30. The Morgan fingerprint density at radius 3 is 2.14 bits per heavy atom. The first-order valence-corrected chi connectivity index (χ1v) is 4.17. The monoisotopic (exact) mass is 218 g/mol. The summed E-state index contributed by atoms with van der Waals surface area (Å²) < 4.78 is 61.1. The van der Waals surface area contributed by atoms with E-state index in [1.165, 1.54) is 0 Å². The van der Waals surface area contributed by atoms with Gasteiger partial charge in [0.05, 0.1) is 6.04 Å². The Morgan fingerprint density at radius 2 is 1.79 bits per heavy atom. The average molecular weight is 218 g/mol. The minimum atomic E-state index is -5.56. The number of rotatable bonds is 2. The molecule has 7 heteroatoms. The lowest BCUT2D eigenvalue weighted by molar-refractivity contribution is -0.293. The quantitative estimate of drug-likeness (QED) is 0.681. The summed E-state index contributed by atoms with van der Waals surface area (Å²) in [5, 5.41) is 2.70. The van der Waals surface area contributed by atoms with Crippen molar-refractivity contribution in [2.75, 3.05) is 13.1 Å². The van der Waals surface area contributed by atoms with Gasteiger partial charge in [0.15, 0.2) is 0 Å². The molecular formula is C7H11F5N2. The van der Waals surface area contributed by atoms with Crippen molar-refractivity contribution in [2.45, 2.75) is 24.6 Å². The van der Waals surface area contributed by atoms with E-state index in [2.05, 4.69) is 5.32 Å². The summed E-state index contributed by atoms with van der Waals surface area (Å²) in [5.74, 6) is -5.62. The normalized spacial score (nSPS) is 26.6. The van der Waals surface area contributed by atoms with Crippen LogP contribution in [0.25, 0.3) is 0 Å². The van der Waals surface area contributed by atoms with E-state index in [1.54, 1.807) is 0 Å². The fraction of sp³-hybridized carbons (Fsp3) is 1.00. The summed E-state index contributed by atoms with van der Waals surface area (Å²) in [5.41, 5.74) is 4.93. The number of nitrogens with two attached hydrogens (primary N) is 1. The second kappa shape index (κ2) is 3.62. The zero-order valence-corrected chi connectivity index (χ0v) is 7.24. The number of hydrogen-bond acceptors (Lipinski definition) is 2. The second-order valence-electron chi connectivity index (χ2n) is 3.40. The number of halogens is 5. The number of nitrogens with one attached hydrogen (secondary N) is 1. The molecule has 14 heavy (non-hydrogen) atoms. The summed E-state index contributed by atoms with van der Waals surface area (Å²) in [4.78, 5) is 0. The van der Waals surface area contributed by atoms with Crippen LogP contribution in [0.3, 0.4) is 0 Å². The van der Waals surface area contributed by atoms with Crippen LogP contribution < -0.4 is 11.1 Å². The van der Waals surface area contributed by atoms with Crippen LogP contribution in [0.2, 0.25) is 0 Å². The zero-order valence-electron chi connectivity index (χ0n) is 7.24. The third-order valence-electron chi connectivity index (χ3n) is 2.40. The summed E-state index contributed by atoms with van der Waals surface area (Å²) in [6, 6.07) is -2.16. The van der Waals surface area contributed by atoms with E-state index < -0.39 is 24.1 Å². The summed E-state index contributed by atoms with van der Waals surface area (Å²) in [7, 11) is 0. The van der Waals surface area contributed by atoms with Gasteiger partial charge in [-0.2, -0.15) is 22.0 Å². The molecule has 2 atom stereocenters. The molecule has 1 rings (SSSR count). The van der Waals surface area contributed by atoms with Gasteiger partial charge in [0.1, 0.15) is 0 Å². The van der Waals surface area contributed by atoms with Gasteiger partial charge in [-0.15, -0.1) is 0 Å². The first kappa shape index (κ1) is 11.6. The van der Waals surface area contributed by atoms with E-state index in [0.29, 0.717) is 6.54 Å². The highest BCUT2D eigenvalue weighted by Gasteiger charge is 2.62. The molecule has 2 nitrogen and oxygen atoms in total. The lowest BCUT2D eigenvalue weighted by atomic mass is 9.94. The second-order valence-corrected chi connectivity index (χ2v) is 3.40. The molecule has 0 amide bonds. The molecule has 2 unspecified atom stereocenters. The van der Waals surface area contributed by atoms with E-state index in [9.17, 15) is 22.0 Å². The van der Waals surface area contributed by atoms with Gasteiger partial charge in [-0.05, 0) is 25.4 Å². The predicted octanol–water partition coefficient (Wildman–Crippen LogP) is 1.12. The maximum atomic E-state index is 12.7. The molecule has 1 heterocycles. The van der Waals surface area contributed by atoms with Crippen molar-refractivity contribution in [1.82, 2.24) is 5.32 Å². The molecule has 1 saturated heterocycles. The van der Waals surface area contributed by atoms with Crippen molar-refractivity contribution in [3.8, 4) is 0 Å². The van der Waals surface area contributed by atoms with Crippen molar-refractivity contribution in [1.29, 1.82) is 0 Å². The minimum Gasteiger partial charge on any atom is -0.322 e. The van der Waals surface area contributed by atoms with Gasteiger partial charge in [-0.3, -0.25) is 0 Å². The van der Waals surface area contributed by atoms with Gasteiger partial charge in [-0.1, -0.05) is 0 Å². The molecule has 3 N–H and O–H groups in total. The van der Waals surface area contributed by atoms with Crippen LogP contribution >= 0.6 is 0 Å². The lowest BCUT2D eigenvalue weighted by Gasteiger charge is -2.29. The molecule has 0 bridgehead atoms. The van der Waals surface area contributed by atoms with E-state index in [1.807, 2.05) is 0 Å². The van der Waals surface area contributed by atoms with E-state index in [-0.39, 0.29) is 13.0 Å². The Morgan fingerprint density at radius 1 is 1.21 bits per heavy atom. The van der Waals surface area contributed by atoms with Crippen LogP contribution in [0.1, 0.15) is 6.42 Å². The Labute approximate surface area is 77.6 Å². The Hall–Kier alpha value is -0.430. The van der Waals surface area contributed by atoms with Gasteiger partial charge in [0.25, 0.3) is 0 Å². The van der Waals surface area contributed by atoms with Crippen LogP contribution in [-0.2, 0) is 0 Å². The van der Waals surface area contributed by atoms with E-state index in [4.69, 9.17) is 5.73 Å². The summed E-state index contributed by atoms with van der Waals surface area (Å²) >= 11 is 0.